The van der Waals surface area contributed by atoms with Gasteiger partial charge in [-0.25, -0.2) is 0 Å². The Bertz CT molecular complexity index is 615. The van der Waals surface area contributed by atoms with Crippen molar-refractivity contribution in [2.45, 2.75) is 0 Å². The summed E-state index contributed by atoms with van der Waals surface area (Å²) in [6, 6.07) is 2.75. The lowest BCUT2D eigenvalue weighted by molar-refractivity contribution is -0.402. The number of amidine groups is 1. The molecule has 98 valence electrons. The smallest absolute Gasteiger partial charge is 0.401 e. The van der Waals surface area contributed by atoms with E-state index in [0.717, 1.165) is 0 Å². The molecule has 19 heavy (non-hydrogen) atoms. The molecular weight excluding hydrogens is 270 g/mol. The molecule has 0 aromatic carbocycles. The van der Waals surface area contributed by atoms with Crippen LogP contribution in [0.25, 0.3) is 6.08 Å². The molecule has 2 heterocycles. The fourth-order valence-corrected chi connectivity index (χ4v) is 2.04. The average Bonchev–Trinajstić information content (AvgIpc) is 2.97. The van der Waals surface area contributed by atoms with Crippen molar-refractivity contribution in [2.24, 2.45) is 4.99 Å². The molecule has 0 aliphatic carbocycles. The second-order valence-corrected chi connectivity index (χ2v) is 4.44. The van der Waals surface area contributed by atoms with Gasteiger partial charge in [0.15, 0.2) is 5.17 Å². The van der Waals surface area contributed by atoms with Crippen LogP contribution in [0, 0.1) is 10.1 Å². The van der Waals surface area contributed by atoms with Gasteiger partial charge in [-0.05, 0) is 30.0 Å². The second-order valence-electron chi connectivity index (χ2n) is 3.41. The van der Waals surface area contributed by atoms with Crippen LogP contribution in [0.5, 0.6) is 0 Å². The number of thioether (sulfide) groups is 1. The number of rotatable bonds is 3. The van der Waals surface area contributed by atoms with Crippen LogP contribution in [0.2, 0.25) is 0 Å². The van der Waals surface area contributed by atoms with Crippen molar-refractivity contribution in [3.8, 4) is 0 Å². The van der Waals surface area contributed by atoms with Crippen LogP contribution in [0.3, 0.4) is 0 Å². The molecule has 1 aromatic heterocycles. The summed E-state index contributed by atoms with van der Waals surface area (Å²) in [5.74, 6) is -0.197. The topological polar surface area (TPSA) is 97.7 Å². The summed E-state index contributed by atoms with van der Waals surface area (Å²) >= 11 is 1.22. The summed E-state index contributed by atoms with van der Waals surface area (Å²) in [6.45, 7) is 0. The van der Waals surface area contributed by atoms with Crippen molar-refractivity contribution in [1.82, 2.24) is 5.32 Å². The number of furan rings is 1. The molecular formula is C11H9N3O4S. The van der Waals surface area contributed by atoms with Crippen LogP contribution in [0.1, 0.15) is 5.76 Å². The van der Waals surface area contributed by atoms with Crippen molar-refractivity contribution < 1.29 is 14.1 Å². The lowest BCUT2D eigenvalue weighted by Crippen LogP contribution is -2.19. The van der Waals surface area contributed by atoms with Crippen LogP contribution in [0.4, 0.5) is 5.88 Å². The predicted octanol–water partition coefficient (Wildman–Crippen LogP) is 1.93. The van der Waals surface area contributed by atoms with Gasteiger partial charge in [-0.3, -0.25) is 19.9 Å². The number of nitrogens with zero attached hydrogens (tertiary/aromatic N) is 2. The molecule has 0 spiro atoms. The highest BCUT2D eigenvalue weighted by molar-refractivity contribution is 8.18. The number of hydrogen-bond acceptors (Lipinski definition) is 6. The molecule has 1 aliphatic heterocycles. The summed E-state index contributed by atoms with van der Waals surface area (Å²) in [5.41, 5.74) is 0. The first kappa shape index (κ1) is 13.1. The Morgan fingerprint density at radius 1 is 1.53 bits per heavy atom. The fraction of sp³-hybridized carbons (Fsp3) is 0.0909. The normalized spacial score (nSPS) is 19.5. The highest BCUT2D eigenvalue weighted by Crippen LogP contribution is 2.23. The van der Waals surface area contributed by atoms with Crippen molar-refractivity contribution in [3.63, 3.8) is 0 Å². The zero-order chi connectivity index (χ0) is 13.8. The third-order valence-corrected chi connectivity index (χ3v) is 3.17. The van der Waals surface area contributed by atoms with Crippen molar-refractivity contribution in [1.29, 1.82) is 0 Å². The fourth-order valence-electron chi connectivity index (χ4n) is 1.31. The quantitative estimate of drug-likeness (QED) is 0.518. The van der Waals surface area contributed by atoms with Crippen LogP contribution in [-0.2, 0) is 4.79 Å². The van der Waals surface area contributed by atoms with Gasteiger partial charge >= 0.3 is 5.88 Å². The largest absolute Gasteiger partial charge is 0.433 e. The number of allylic oxidation sites excluding steroid dienone is 2. The molecule has 0 unspecified atom stereocenters. The van der Waals surface area contributed by atoms with Crippen LogP contribution in [-0.4, -0.2) is 23.0 Å². The molecule has 1 aromatic rings. The average molecular weight is 279 g/mol. The van der Waals surface area contributed by atoms with E-state index in [2.05, 4.69) is 10.3 Å². The van der Waals surface area contributed by atoms with Gasteiger partial charge in [-0.2, -0.15) is 0 Å². The lowest BCUT2D eigenvalue weighted by Gasteiger charge is -1.86. The summed E-state index contributed by atoms with van der Waals surface area (Å²) < 4.78 is 4.93. The van der Waals surface area contributed by atoms with E-state index in [1.807, 2.05) is 0 Å². The number of carbonyl (C=O) groups is 1. The number of aliphatic imine (C=N–C) groups is 1. The Hall–Kier alpha value is -2.35. The minimum absolute atomic E-state index is 0.222. The molecule has 1 N–H and O–H groups in total. The number of amides is 1. The molecule has 2 rings (SSSR count). The van der Waals surface area contributed by atoms with Crippen LogP contribution < -0.4 is 5.32 Å². The zero-order valence-corrected chi connectivity index (χ0v) is 10.6. The lowest BCUT2D eigenvalue weighted by atomic mass is 10.3. The van der Waals surface area contributed by atoms with Gasteiger partial charge in [0.25, 0.3) is 5.91 Å². The van der Waals surface area contributed by atoms with E-state index in [1.165, 1.54) is 30.0 Å². The molecule has 1 aliphatic rings. The van der Waals surface area contributed by atoms with Crippen LogP contribution >= 0.6 is 11.8 Å². The van der Waals surface area contributed by atoms with Crippen molar-refractivity contribution in [3.05, 3.63) is 45.1 Å². The van der Waals surface area contributed by atoms with E-state index in [-0.39, 0.29) is 11.8 Å². The van der Waals surface area contributed by atoms with Gasteiger partial charge in [-0.15, -0.1) is 0 Å². The molecule has 1 fully saturated rings. The van der Waals surface area contributed by atoms with E-state index in [9.17, 15) is 14.9 Å². The Labute approximate surface area is 112 Å². The maximum atomic E-state index is 11.5. The molecule has 0 saturated carbocycles. The van der Waals surface area contributed by atoms with Crippen molar-refractivity contribution in [2.75, 3.05) is 7.05 Å². The van der Waals surface area contributed by atoms with Gasteiger partial charge in [0, 0.05) is 7.05 Å². The maximum absolute atomic E-state index is 11.5. The van der Waals surface area contributed by atoms with Gasteiger partial charge in [0.2, 0.25) is 0 Å². The van der Waals surface area contributed by atoms with E-state index >= 15 is 0 Å². The standard InChI is InChI=1S/C11H9N3O4S/c1-12-11-13-10(15)8(19-11)4-2-3-7-5-6-9(18-7)14(16)17/h2-6H,1H3,(H,12,13,15). The second kappa shape index (κ2) is 5.53. The predicted molar refractivity (Wildman–Crippen MR) is 71.6 cm³/mol. The molecule has 8 heteroatoms. The third kappa shape index (κ3) is 3.10. The molecule has 7 nitrogen and oxygen atoms in total. The van der Waals surface area contributed by atoms with Gasteiger partial charge in [0.1, 0.15) is 10.7 Å². The first-order chi connectivity index (χ1) is 9.10. The van der Waals surface area contributed by atoms with Crippen molar-refractivity contribution >= 4 is 34.8 Å². The van der Waals surface area contributed by atoms with E-state index in [4.69, 9.17) is 4.42 Å². The molecule has 0 atom stereocenters. The highest BCUT2D eigenvalue weighted by atomic mass is 32.2. The van der Waals surface area contributed by atoms with Crippen LogP contribution in [0.15, 0.2) is 38.6 Å². The first-order valence-corrected chi connectivity index (χ1v) is 6.00. The summed E-state index contributed by atoms with van der Waals surface area (Å²) in [6.07, 6.45) is 4.71. The summed E-state index contributed by atoms with van der Waals surface area (Å²) in [4.78, 5) is 25.6. The highest BCUT2D eigenvalue weighted by Gasteiger charge is 2.22. The summed E-state index contributed by atoms with van der Waals surface area (Å²) in [5, 5.41) is 13.5. The number of nitrogens with one attached hydrogen (secondary N) is 1. The van der Waals surface area contributed by atoms with E-state index in [0.29, 0.717) is 15.8 Å². The molecule has 0 bridgehead atoms. The Balaban J connectivity index is 2.07. The maximum Gasteiger partial charge on any atom is 0.433 e. The Kier molecular flexibility index (Phi) is 3.81. The minimum Gasteiger partial charge on any atom is -0.401 e. The Morgan fingerprint density at radius 2 is 2.32 bits per heavy atom. The Morgan fingerprint density at radius 3 is 2.89 bits per heavy atom. The number of hydrogen-bond donors (Lipinski definition) is 1. The zero-order valence-electron chi connectivity index (χ0n) is 9.82. The SMILES string of the molecule is CN=C1NC(=O)C(=CC=Cc2ccc([N+](=O)[O-])o2)S1. The molecule has 0 radical (unpaired) electrons. The van der Waals surface area contributed by atoms with Gasteiger partial charge in [0.05, 0.1) is 11.0 Å². The number of nitro groups is 1. The third-order valence-electron chi connectivity index (χ3n) is 2.15. The minimum atomic E-state index is -0.611. The van der Waals surface area contributed by atoms with E-state index < -0.39 is 4.92 Å². The molecule has 1 amide bonds. The van der Waals surface area contributed by atoms with E-state index in [1.54, 1.807) is 19.2 Å². The first-order valence-electron chi connectivity index (χ1n) is 5.18. The van der Waals surface area contributed by atoms with Gasteiger partial charge < -0.3 is 9.73 Å². The number of carbonyl (C=O) groups excluding carboxylic acids is 1. The van der Waals surface area contributed by atoms with Gasteiger partial charge in [-0.1, -0.05) is 6.08 Å². The molecule has 1 saturated heterocycles. The summed E-state index contributed by atoms with van der Waals surface area (Å²) in [7, 11) is 1.59. The monoisotopic (exact) mass is 279 g/mol.